The van der Waals surface area contributed by atoms with Crippen molar-refractivity contribution in [3.8, 4) is 11.1 Å². The van der Waals surface area contributed by atoms with Crippen LogP contribution in [0.1, 0.15) is 19.3 Å². The molecule has 6 heteroatoms. The molecule has 0 aromatic heterocycles. The topological polar surface area (TPSA) is 69.6 Å². The van der Waals surface area contributed by atoms with Crippen LogP contribution >= 0.6 is 0 Å². The molecule has 0 amide bonds. The lowest BCUT2D eigenvalue weighted by molar-refractivity contribution is 0.0923. The van der Waals surface area contributed by atoms with E-state index in [0.29, 0.717) is 13.1 Å². The van der Waals surface area contributed by atoms with Gasteiger partial charge in [0.1, 0.15) is 0 Å². The molecule has 1 aliphatic heterocycles. The molecule has 1 aliphatic rings. The van der Waals surface area contributed by atoms with Crippen molar-refractivity contribution in [3.63, 3.8) is 0 Å². The monoisotopic (exact) mass is 374 g/mol. The van der Waals surface area contributed by atoms with Crippen LogP contribution in [0.2, 0.25) is 0 Å². The number of hydrogen-bond acceptors (Lipinski definition) is 4. The number of rotatable bonds is 7. The Morgan fingerprint density at radius 3 is 2.38 bits per heavy atom. The van der Waals surface area contributed by atoms with Gasteiger partial charge in [-0.05, 0) is 42.6 Å². The summed E-state index contributed by atoms with van der Waals surface area (Å²) in [6.45, 7) is 2.01. The minimum atomic E-state index is -3.52. The maximum atomic E-state index is 12.5. The summed E-state index contributed by atoms with van der Waals surface area (Å²) in [6, 6.07) is 17.0. The van der Waals surface area contributed by atoms with Crippen LogP contribution in [0.4, 0.5) is 0 Å². The van der Waals surface area contributed by atoms with E-state index in [-0.39, 0.29) is 17.5 Å². The Morgan fingerprint density at radius 1 is 1.00 bits per heavy atom. The summed E-state index contributed by atoms with van der Waals surface area (Å²) in [5.74, 6) is 0. The average Bonchev–Trinajstić information content (AvgIpc) is 2.69. The molecule has 1 atom stereocenters. The normalized spacial score (nSPS) is 18.7. The summed E-state index contributed by atoms with van der Waals surface area (Å²) in [7, 11) is -3.52. The average molecular weight is 375 g/mol. The molecule has 5 nitrogen and oxygen atoms in total. The molecular weight excluding hydrogens is 348 g/mol. The van der Waals surface area contributed by atoms with Crippen molar-refractivity contribution in [2.45, 2.75) is 30.2 Å². The van der Waals surface area contributed by atoms with Crippen LogP contribution in [0.3, 0.4) is 0 Å². The standard InChI is InChI=1S/C20H26N2O3S/c23-16-19-8-4-5-14-22(19)15-13-21-26(24,25)20-11-9-18(10-12-20)17-6-2-1-3-7-17/h1-3,6-7,9-12,19,21,23H,4-5,8,13-16H2. The smallest absolute Gasteiger partial charge is 0.240 e. The highest BCUT2D eigenvalue weighted by molar-refractivity contribution is 7.89. The Hall–Kier alpha value is -1.73. The summed E-state index contributed by atoms with van der Waals surface area (Å²) in [6.07, 6.45) is 3.20. The molecular formula is C20H26N2O3S. The van der Waals surface area contributed by atoms with Gasteiger partial charge in [0.2, 0.25) is 10.0 Å². The highest BCUT2D eigenvalue weighted by atomic mass is 32.2. The number of aliphatic hydroxyl groups is 1. The minimum Gasteiger partial charge on any atom is -0.395 e. The van der Waals surface area contributed by atoms with Crippen LogP contribution in [-0.4, -0.2) is 50.7 Å². The second-order valence-electron chi connectivity index (χ2n) is 6.66. The van der Waals surface area contributed by atoms with E-state index in [9.17, 15) is 13.5 Å². The van der Waals surface area contributed by atoms with Gasteiger partial charge in [-0.25, -0.2) is 13.1 Å². The molecule has 0 saturated carbocycles. The lowest BCUT2D eigenvalue weighted by atomic mass is 10.0. The molecule has 0 aliphatic carbocycles. The largest absolute Gasteiger partial charge is 0.395 e. The zero-order valence-electron chi connectivity index (χ0n) is 14.8. The molecule has 0 bridgehead atoms. The molecule has 0 radical (unpaired) electrons. The van der Waals surface area contributed by atoms with E-state index in [1.165, 1.54) is 0 Å². The maximum Gasteiger partial charge on any atom is 0.240 e. The second kappa shape index (κ2) is 8.77. The van der Waals surface area contributed by atoms with Gasteiger partial charge in [-0.1, -0.05) is 48.9 Å². The first-order valence-electron chi connectivity index (χ1n) is 9.10. The van der Waals surface area contributed by atoms with Gasteiger partial charge in [-0.2, -0.15) is 0 Å². The van der Waals surface area contributed by atoms with Gasteiger partial charge >= 0.3 is 0 Å². The number of nitrogens with zero attached hydrogens (tertiary/aromatic N) is 1. The predicted octanol–water partition coefficient (Wildman–Crippen LogP) is 2.48. The molecule has 26 heavy (non-hydrogen) atoms. The van der Waals surface area contributed by atoms with E-state index in [0.717, 1.165) is 36.9 Å². The van der Waals surface area contributed by atoms with E-state index >= 15 is 0 Å². The molecule has 1 unspecified atom stereocenters. The molecule has 1 heterocycles. The van der Waals surface area contributed by atoms with Crippen molar-refractivity contribution in [2.24, 2.45) is 0 Å². The van der Waals surface area contributed by atoms with Gasteiger partial charge in [-0.3, -0.25) is 4.90 Å². The number of nitrogens with one attached hydrogen (secondary N) is 1. The molecule has 0 spiro atoms. The second-order valence-corrected chi connectivity index (χ2v) is 8.42. The zero-order valence-corrected chi connectivity index (χ0v) is 15.7. The van der Waals surface area contributed by atoms with Crippen LogP contribution in [0.25, 0.3) is 11.1 Å². The molecule has 1 fully saturated rings. The van der Waals surface area contributed by atoms with E-state index < -0.39 is 10.0 Å². The minimum absolute atomic E-state index is 0.133. The number of sulfonamides is 1. The van der Waals surface area contributed by atoms with Crippen LogP contribution < -0.4 is 4.72 Å². The Morgan fingerprint density at radius 2 is 1.69 bits per heavy atom. The summed E-state index contributed by atoms with van der Waals surface area (Å²) in [5, 5.41) is 9.44. The summed E-state index contributed by atoms with van der Waals surface area (Å²) < 4.78 is 27.7. The summed E-state index contributed by atoms with van der Waals surface area (Å²) in [4.78, 5) is 2.44. The van der Waals surface area contributed by atoms with Crippen LogP contribution in [0, 0.1) is 0 Å². The number of piperidine rings is 1. The van der Waals surface area contributed by atoms with E-state index in [1.54, 1.807) is 12.1 Å². The fourth-order valence-electron chi connectivity index (χ4n) is 3.43. The van der Waals surface area contributed by atoms with Gasteiger partial charge in [-0.15, -0.1) is 0 Å². The molecule has 2 aromatic carbocycles. The first-order valence-corrected chi connectivity index (χ1v) is 10.6. The van der Waals surface area contributed by atoms with Crippen molar-refractivity contribution in [1.82, 2.24) is 9.62 Å². The van der Waals surface area contributed by atoms with Crippen molar-refractivity contribution in [2.75, 3.05) is 26.2 Å². The fraction of sp³-hybridized carbons (Fsp3) is 0.400. The van der Waals surface area contributed by atoms with Crippen molar-refractivity contribution in [1.29, 1.82) is 0 Å². The first-order chi connectivity index (χ1) is 12.6. The Balaban J connectivity index is 1.59. The third-order valence-electron chi connectivity index (χ3n) is 4.92. The molecule has 3 rings (SSSR count). The Kier molecular flexibility index (Phi) is 6.43. The SMILES string of the molecule is O=S(=O)(NCCN1CCCCC1CO)c1ccc(-c2ccccc2)cc1. The van der Waals surface area contributed by atoms with Gasteiger partial charge in [0, 0.05) is 19.1 Å². The molecule has 2 N–H and O–H groups in total. The van der Waals surface area contributed by atoms with E-state index in [1.807, 2.05) is 42.5 Å². The highest BCUT2D eigenvalue weighted by Gasteiger charge is 2.22. The van der Waals surface area contributed by atoms with Gasteiger partial charge in [0.05, 0.1) is 11.5 Å². The zero-order chi connectivity index (χ0) is 18.4. The van der Waals surface area contributed by atoms with Crippen molar-refractivity contribution < 1.29 is 13.5 Å². The molecule has 140 valence electrons. The van der Waals surface area contributed by atoms with E-state index in [2.05, 4.69) is 9.62 Å². The van der Waals surface area contributed by atoms with Gasteiger partial charge in [0.25, 0.3) is 0 Å². The van der Waals surface area contributed by atoms with Gasteiger partial charge < -0.3 is 5.11 Å². The third-order valence-corrected chi connectivity index (χ3v) is 6.40. The number of likely N-dealkylation sites (tertiary alicyclic amines) is 1. The third kappa shape index (κ3) is 4.71. The van der Waals surface area contributed by atoms with E-state index in [4.69, 9.17) is 0 Å². The highest BCUT2D eigenvalue weighted by Crippen LogP contribution is 2.21. The van der Waals surface area contributed by atoms with Crippen LogP contribution in [0.5, 0.6) is 0 Å². The Labute approximate surface area is 155 Å². The fourth-order valence-corrected chi connectivity index (χ4v) is 4.45. The quantitative estimate of drug-likeness (QED) is 0.781. The van der Waals surface area contributed by atoms with Gasteiger partial charge in [0.15, 0.2) is 0 Å². The predicted molar refractivity (Wildman–Crippen MR) is 103 cm³/mol. The molecule has 1 saturated heterocycles. The van der Waals surface area contributed by atoms with Crippen LogP contribution in [-0.2, 0) is 10.0 Å². The van der Waals surface area contributed by atoms with Crippen molar-refractivity contribution in [3.05, 3.63) is 54.6 Å². The van der Waals surface area contributed by atoms with Crippen LogP contribution in [0.15, 0.2) is 59.5 Å². The number of aliphatic hydroxyl groups excluding tert-OH is 1. The maximum absolute atomic E-state index is 12.5. The Bertz CT molecular complexity index is 792. The number of hydrogen-bond donors (Lipinski definition) is 2. The summed E-state index contributed by atoms with van der Waals surface area (Å²) in [5.41, 5.74) is 2.05. The lowest BCUT2D eigenvalue weighted by Gasteiger charge is -2.34. The summed E-state index contributed by atoms with van der Waals surface area (Å²) >= 11 is 0. The van der Waals surface area contributed by atoms with Crippen molar-refractivity contribution >= 4 is 10.0 Å². The lowest BCUT2D eigenvalue weighted by Crippen LogP contribution is -2.45. The molecule has 2 aromatic rings. The first kappa shape index (κ1) is 19.0. The number of benzene rings is 2.